The molecular formula is C11H26N2O2S2. The van der Waals surface area contributed by atoms with Crippen LogP contribution < -0.4 is 10.0 Å². The van der Waals surface area contributed by atoms with Crippen molar-refractivity contribution in [2.45, 2.75) is 50.7 Å². The maximum Gasteiger partial charge on any atom is 0.215 e. The highest BCUT2D eigenvalue weighted by atomic mass is 32.2. The van der Waals surface area contributed by atoms with Gasteiger partial charge in [0.05, 0.1) is 5.25 Å². The van der Waals surface area contributed by atoms with E-state index in [1.54, 1.807) is 18.7 Å². The minimum atomic E-state index is -3.18. The lowest BCUT2D eigenvalue weighted by Gasteiger charge is -2.17. The molecule has 2 unspecified atom stereocenters. The molecule has 0 saturated carbocycles. The van der Waals surface area contributed by atoms with Gasteiger partial charge in [-0.1, -0.05) is 20.8 Å². The van der Waals surface area contributed by atoms with E-state index >= 15 is 0 Å². The summed E-state index contributed by atoms with van der Waals surface area (Å²) >= 11 is 1.75. The molecule has 0 aliphatic rings. The molecule has 0 aromatic carbocycles. The van der Waals surface area contributed by atoms with Gasteiger partial charge in [0.15, 0.2) is 0 Å². The Labute approximate surface area is 110 Å². The van der Waals surface area contributed by atoms with Crippen molar-refractivity contribution in [2.75, 3.05) is 19.3 Å². The number of nitrogens with one attached hydrogen (secondary N) is 2. The van der Waals surface area contributed by atoms with Crippen molar-refractivity contribution in [1.29, 1.82) is 0 Å². The molecule has 0 radical (unpaired) electrons. The van der Waals surface area contributed by atoms with Crippen LogP contribution in [0.2, 0.25) is 0 Å². The first-order valence-electron chi connectivity index (χ1n) is 6.04. The first-order chi connectivity index (χ1) is 7.79. The van der Waals surface area contributed by atoms with Crippen molar-refractivity contribution in [3.8, 4) is 0 Å². The zero-order valence-electron chi connectivity index (χ0n) is 11.5. The second-order valence-electron chi connectivity index (χ2n) is 4.65. The van der Waals surface area contributed by atoms with Crippen LogP contribution in [0.25, 0.3) is 0 Å². The standard InChI is InChI=1S/C11H26N2O2S2/c1-9(2)12-8-11(4)17(14,15)13-7-6-10(3)16-5/h9-13H,6-8H2,1-5H3. The summed E-state index contributed by atoms with van der Waals surface area (Å²) in [4.78, 5) is 0. The second kappa shape index (κ2) is 8.34. The van der Waals surface area contributed by atoms with Crippen LogP contribution in [-0.2, 0) is 10.0 Å². The molecule has 0 fully saturated rings. The fourth-order valence-corrected chi connectivity index (χ4v) is 2.53. The molecule has 2 N–H and O–H groups in total. The summed E-state index contributed by atoms with van der Waals surface area (Å²) in [5, 5.41) is 3.23. The van der Waals surface area contributed by atoms with Crippen molar-refractivity contribution in [1.82, 2.24) is 10.0 Å². The average Bonchev–Trinajstić information content (AvgIpc) is 2.25. The topological polar surface area (TPSA) is 58.2 Å². The Hall–Kier alpha value is 0.220. The van der Waals surface area contributed by atoms with Crippen molar-refractivity contribution < 1.29 is 8.42 Å². The third-order valence-corrected chi connectivity index (χ3v) is 5.47. The van der Waals surface area contributed by atoms with E-state index in [-0.39, 0.29) is 0 Å². The number of hydrogen-bond acceptors (Lipinski definition) is 4. The Morgan fingerprint density at radius 2 is 1.76 bits per heavy atom. The zero-order valence-corrected chi connectivity index (χ0v) is 13.1. The Bertz CT molecular complexity index is 292. The molecule has 0 aromatic heterocycles. The molecule has 6 heteroatoms. The highest BCUT2D eigenvalue weighted by Crippen LogP contribution is 2.08. The van der Waals surface area contributed by atoms with Crippen molar-refractivity contribution in [3.05, 3.63) is 0 Å². The van der Waals surface area contributed by atoms with Gasteiger partial charge in [-0.05, 0) is 19.6 Å². The summed E-state index contributed by atoms with van der Waals surface area (Å²) in [6, 6.07) is 0.309. The monoisotopic (exact) mass is 282 g/mol. The van der Waals surface area contributed by atoms with Crippen LogP contribution in [0.1, 0.15) is 34.1 Å². The lowest BCUT2D eigenvalue weighted by atomic mass is 10.3. The Balaban J connectivity index is 4.01. The zero-order chi connectivity index (χ0) is 13.5. The quantitative estimate of drug-likeness (QED) is 0.672. The van der Waals surface area contributed by atoms with Gasteiger partial charge in [0.1, 0.15) is 0 Å². The molecule has 0 rings (SSSR count). The number of thioether (sulfide) groups is 1. The van der Waals surface area contributed by atoms with E-state index in [1.807, 2.05) is 20.1 Å². The van der Waals surface area contributed by atoms with Gasteiger partial charge >= 0.3 is 0 Å². The minimum absolute atomic E-state index is 0.309. The summed E-state index contributed by atoms with van der Waals surface area (Å²) < 4.78 is 26.4. The number of sulfonamides is 1. The molecule has 0 aromatic rings. The highest BCUT2D eigenvalue weighted by Gasteiger charge is 2.20. The van der Waals surface area contributed by atoms with E-state index in [0.29, 0.717) is 24.4 Å². The van der Waals surface area contributed by atoms with E-state index in [1.165, 1.54) is 0 Å². The first-order valence-corrected chi connectivity index (χ1v) is 8.87. The van der Waals surface area contributed by atoms with Crippen LogP contribution in [0, 0.1) is 0 Å². The molecule has 0 saturated heterocycles. The molecule has 0 bridgehead atoms. The van der Waals surface area contributed by atoms with Gasteiger partial charge in [-0.3, -0.25) is 0 Å². The van der Waals surface area contributed by atoms with E-state index < -0.39 is 15.3 Å². The van der Waals surface area contributed by atoms with E-state index in [4.69, 9.17) is 0 Å². The van der Waals surface area contributed by atoms with Gasteiger partial charge in [0.25, 0.3) is 0 Å². The molecule has 0 amide bonds. The molecular weight excluding hydrogens is 256 g/mol. The Morgan fingerprint density at radius 3 is 2.24 bits per heavy atom. The van der Waals surface area contributed by atoms with E-state index in [0.717, 1.165) is 6.42 Å². The van der Waals surface area contributed by atoms with Crippen LogP contribution in [-0.4, -0.2) is 44.3 Å². The number of hydrogen-bond donors (Lipinski definition) is 2. The van der Waals surface area contributed by atoms with Gasteiger partial charge in [0.2, 0.25) is 10.0 Å². The summed E-state index contributed by atoms with van der Waals surface area (Å²) in [6.45, 7) is 8.86. The van der Waals surface area contributed by atoms with E-state index in [2.05, 4.69) is 17.0 Å². The molecule has 0 aliphatic carbocycles. The third kappa shape index (κ3) is 8.02. The van der Waals surface area contributed by atoms with Crippen LogP contribution in [0.15, 0.2) is 0 Å². The lowest BCUT2D eigenvalue weighted by Crippen LogP contribution is -2.41. The normalized spacial score (nSPS) is 16.1. The number of rotatable bonds is 9. The van der Waals surface area contributed by atoms with Crippen LogP contribution in [0.3, 0.4) is 0 Å². The summed E-state index contributed by atoms with van der Waals surface area (Å²) in [5.74, 6) is 0. The van der Waals surface area contributed by atoms with Gasteiger partial charge in [-0.2, -0.15) is 11.8 Å². The smallest absolute Gasteiger partial charge is 0.215 e. The molecule has 4 nitrogen and oxygen atoms in total. The summed E-state index contributed by atoms with van der Waals surface area (Å²) in [5.41, 5.74) is 0. The van der Waals surface area contributed by atoms with Crippen molar-refractivity contribution in [3.63, 3.8) is 0 Å². The molecule has 0 heterocycles. The SMILES string of the molecule is CSC(C)CCNS(=O)(=O)C(C)CNC(C)C. The summed E-state index contributed by atoms with van der Waals surface area (Å²) in [7, 11) is -3.18. The highest BCUT2D eigenvalue weighted by molar-refractivity contribution is 7.99. The van der Waals surface area contributed by atoms with Crippen molar-refractivity contribution >= 4 is 21.8 Å². The largest absolute Gasteiger partial charge is 0.313 e. The lowest BCUT2D eigenvalue weighted by molar-refractivity contribution is 0.539. The van der Waals surface area contributed by atoms with Gasteiger partial charge in [-0.25, -0.2) is 13.1 Å². The molecule has 2 atom stereocenters. The van der Waals surface area contributed by atoms with Crippen LogP contribution >= 0.6 is 11.8 Å². The average molecular weight is 282 g/mol. The van der Waals surface area contributed by atoms with Gasteiger partial charge in [0, 0.05) is 24.4 Å². The van der Waals surface area contributed by atoms with Crippen LogP contribution in [0.4, 0.5) is 0 Å². The van der Waals surface area contributed by atoms with E-state index in [9.17, 15) is 8.42 Å². The maximum absolute atomic E-state index is 11.9. The molecule has 104 valence electrons. The van der Waals surface area contributed by atoms with Gasteiger partial charge in [-0.15, -0.1) is 0 Å². The Morgan fingerprint density at radius 1 is 1.18 bits per heavy atom. The second-order valence-corrected chi connectivity index (χ2v) is 8.11. The summed E-state index contributed by atoms with van der Waals surface area (Å²) in [6.07, 6.45) is 2.90. The fourth-order valence-electron chi connectivity index (χ4n) is 1.18. The predicted molar refractivity (Wildman–Crippen MR) is 77.1 cm³/mol. The fraction of sp³-hybridized carbons (Fsp3) is 1.00. The van der Waals surface area contributed by atoms with Crippen LogP contribution in [0.5, 0.6) is 0 Å². The molecule has 17 heavy (non-hydrogen) atoms. The first kappa shape index (κ1) is 17.2. The maximum atomic E-state index is 11.9. The molecule has 0 aliphatic heterocycles. The third-order valence-electron chi connectivity index (χ3n) is 2.60. The van der Waals surface area contributed by atoms with Gasteiger partial charge < -0.3 is 5.32 Å². The predicted octanol–water partition coefficient (Wildman–Crippen LogP) is 1.43. The minimum Gasteiger partial charge on any atom is -0.313 e. The Kier molecular flexibility index (Phi) is 8.45. The molecule has 0 spiro atoms. The van der Waals surface area contributed by atoms with Crippen molar-refractivity contribution in [2.24, 2.45) is 0 Å².